The zero-order valence-corrected chi connectivity index (χ0v) is 11.0. The molecule has 0 spiro atoms. The van der Waals surface area contributed by atoms with Gasteiger partial charge in [-0.2, -0.15) is 0 Å². The van der Waals surface area contributed by atoms with Gasteiger partial charge in [-0.3, -0.25) is 9.78 Å². The first-order valence-electron chi connectivity index (χ1n) is 6.74. The molecule has 1 aliphatic rings. The zero-order chi connectivity index (χ0) is 13.3. The van der Waals surface area contributed by atoms with Crippen LogP contribution in [-0.2, 0) is 9.53 Å². The molecule has 0 aliphatic carbocycles. The number of hydrogen-bond donors (Lipinski definition) is 1. The van der Waals surface area contributed by atoms with Crippen LogP contribution < -0.4 is 10.1 Å². The van der Waals surface area contributed by atoms with Gasteiger partial charge in [0.2, 0.25) is 5.91 Å². The Labute approximate surface area is 113 Å². The van der Waals surface area contributed by atoms with Crippen molar-refractivity contribution in [1.82, 2.24) is 10.3 Å². The number of pyridine rings is 1. The molecular formula is C14H20N2O3. The minimum atomic E-state index is 0.119. The van der Waals surface area contributed by atoms with Gasteiger partial charge in [0.1, 0.15) is 5.75 Å². The fourth-order valence-electron chi connectivity index (χ4n) is 2.01. The topological polar surface area (TPSA) is 60.5 Å². The number of ether oxygens (including phenoxy) is 2. The summed E-state index contributed by atoms with van der Waals surface area (Å²) in [6.07, 6.45) is 5.85. The van der Waals surface area contributed by atoms with Crippen molar-refractivity contribution in [3.63, 3.8) is 0 Å². The van der Waals surface area contributed by atoms with E-state index in [4.69, 9.17) is 9.47 Å². The lowest BCUT2D eigenvalue weighted by Crippen LogP contribution is -2.35. The quantitative estimate of drug-likeness (QED) is 0.789. The van der Waals surface area contributed by atoms with Gasteiger partial charge in [-0.25, -0.2) is 0 Å². The van der Waals surface area contributed by atoms with Crippen molar-refractivity contribution < 1.29 is 14.3 Å². The highest BCUT2D eigenvalue weighted by molar-refractivity contribution is 5.78. The molecule has 104 valence electrons. The monoisotopic (exact) mass is 264 g/mol. The first-order valence-corrected chi connectivity index (χ1v) is 6.74. The minimum Gasteiger partial charge on any atom is -0.492 e. The number of hydrogen-bond acceptors (Lipinski definition) is 4. The van der Waals surface area contributed by atoms with Gasteiger partial charge < -0.3 is 14.8 Å². The molecule has 2 rings (SSSR count). The van der Waals surface area contributed by atoms with Crippen molar-refractivity contribution in [2.75, 3.05) is 26.4 Å². The van der Waals surface area contributed by atoms with Gasteiger partial charge in [-0.05, 0) is 31.4 Å². The Kier molecular flexibility index (Phi) is 5.62. The molecule has 19 heavy (non-hydrogen) atoms. The second-order valence-corrected chi connectivity index (χ2v) is 4.57. The molecule has 1 aliphatic heterocycles. The molecule has 1 fully saturated rings. The number of aromatic nitrogens is 1. The van der Waals surface area contributed by atoms with Gasteiger partial charge >= 0.3 is 0 Å². The maximum Gasteiger partial charge on any atom is 0.223 e. The summed E-state index contributed by atoms with van der Waals surface area (Å²) in [5.74, 6) is 1.02. The van der Waals surface area contributed by atoms with Gasteiger partial charge in [-0.1, -0.05) is 0 Å². The molecule has 0 atom stereocenters. The molecule has 0 aromatic carbocycles. The number of amides is 1. The van der Waals surface area contributed by atoms with E-state index in [0.29, 0.717) is 26.4 Å². The van der Waals surface area contributed by atoms with E-state index in [1.165, 1.54) is 0 Å². The largest absolute Gasteiger partial charge is 0.492 e. The lowest BCUT2D eigenvalue weighted by Gasteiger charge is -2.21. The molecule has 5 nitrogen and oxygen atoms in total. The normalized spacial score (nSPS) is 16.0. The summed E-state index contributed by atoms with van der Waals surface area (Å²) < 4.78 is 10.7. The summed E-state index contributed by atoms with van der Waals surface area (Å²) in [6.45, 7) is 2.63. The van der Waals surface area contributed by atoms with Gasteiger partial charge in [0, 0.05) is 31.9 Å². The molecule has 2 heterocycles. The third-order valence-corrected chi connectivity index (χ3v) is 3.12. The van der Waals surface area contributed by atoms with E-state index < -0.39 is 0 Å². The van der Waals surface area contributed by atoms with E-state index in [1.54, 1.807) is 12.4 Å². The van der Waals surface area contributed by atoms with Crippen molar-refractivity contribution in [1.29, 1.82) is 0 Å². The van der Waals surface area contributed by atoms with Crippen molar-refractivity contribution in [2.24, 2.45) is 5.92 Å². The van der Waals surface area contributed by atoms with E-state index in [9.17, 15) is 4.79 Å². The van der Waals surface area contributed by atoms with Crippen LogP contribution in [-0.4, -0.2) is 37.3 Å². The summed E-state index contributed by atoms with van der Waals surface area (Å²) in [4.78, 5) is 15.8. The van der Waals surface area contributed by atoms with E-state index in [1.807, 2.05) is 12.1 Å². The summed E-state index contributed by atoms with van der Waals surface area (Å²) in [5, 5.41) is 2.95. The summed E-state index contributed by atoms with van der Waals surface area (Å²) >= 11 is 0. The predicted octanol–water partition coefficient (Wildman–Crippen LogP) is 1.39. The van der Waals surface area contributed by atoms with Crippen molar-refractivity contribution in [2.45, 2.75) is 19.3 Å². The van der Waals surface area contributed by atoms with Crippen LogP contribution in [0.1, 0.15) is 19.3 Å². The maximum absolute atomic E-state index is 11.8. The maximum atomic E-state index is 11.8. The number of nitrogens with zero attached hydrogens (tertiary/aromatic N) is 1. The van der Waals surface area contributed by atoms with Crippen molar-refractivity contribution in [3.8, 4) is 5.75 Å². The first-order chi connectivity index (χ1) is 9.36. The predicted molar refractivity (Wildman–Crippen MR) is 70.9 cm³/mol. The molecule has 0 unspecified atom stereocenters. The van der Waals surface area contributed by atoms with Crippen LogP contribution in [0.5, 0.6) is 5.75 Å². The second-order valence-electron chi connectivity index (χ2n) is 4.57. The van der Waals surface area contributed by atoms with Crippen LogP contribution in [0.3, 0.4) is 0 Å². The standard InChI is InChI=1S/C14H20N2O3/c17-14(12-4-9-18-10-5-12)16-7-2-8-19-13-3-1-6-15-11-13/h1,3,6,11-12H,2,4-5,7-10H2,(H,16,17). The smallest absolute Gasteiger partial charge is 0.223 e. The highest BCUT2D eigenvalue weighted by Crippen LogP contribution is 2.14. The van der Waals surface area contributed by atoms with E-state index in [-0.39, 0.29) is 11.8 Å². The van der Waals surface area contributed by atoms with Crippen LogP contribution in [0.2, 0.25) is 0 Å². The van der Waals surface area contributed by atoms with Crippen LogP contribution in [0.4, 0.5) is 0 Å². The molecule has 0 radical (unpaired) electrons. The molecule has 1 aromatic heterocycles. The zero-order valence-electron chi connectivity index (χ0n) is 11.0. The van der Waals surface area contributed by atoms with Crippen LogP contribution >= 0.6 is 0 Å². The van der Waals surface area contributed by atoms with Crippen molar-refractivity contribution >= 4 is 5.91 Å². The SMILES string of the molecule is O=C(NCCCOc1cccnc1)C1CCOCC1. The lowest BCUT2D eigenvalue weighted by molar-refractivity contribution is -0.127. The minimum absolute atomic E-state index is 0.119. The molecule has 1 N–H and O–H groups in total. The number of carbonyl (C=O) groups excluding carboxylic acids is 1. The molecule has 1 amide bonds. The Morgan fingerprint density at radius 3 is 3.05 bits per heavy atom. The van der Waals surface area contributed by atoms with Crippen molar-refractivity contribution in [3.05, 3.63) is 24.5 Å². The van der Waals surface area contributed by atoms with Gasteiger partial charge in [0.15, 0.2) is 0 Å². The highest BCUT2D eigenvalue weighted by Gasteiger charge is 2.20. The lowest BCUT2D eigenvalue weighted by atomic mass is 9.99. The van der Waals surface area contributed by atoms with Crippen LogP contribution in [0.25, 0.3) is 0 Å². The Morgan fingerprint density at radius 2 is 2.32 bits per heavy atom. The van der Waals surface area contributed by atoms with E-state index >= 15 is 0 Å². The summed E-state index contributed by atoms with van der Waals surface area (Å²) in [5.41, 5.74) is 0. The van der Waals surface area contributed by atoms with E-state index in [2.05, 4.69) is 10.3 Å². The Morgan fingerprint density at radius 1 is 1.47 bits per heavy atom. The molecular weight excluding hydrogens is 244 g/mol. The fourth-order valence-corrected chi connectivity index (χ4v) is 2.01. The first kappa shape index (κ1) is 13.8. The molecule has 0 bridgehead atoms. The molecule has 5 heteroatoms. The summed E-state index contributed by atoms with van der Waals surface area (Å²) in [7, 11) is 0. The van der Waals surface area contributed by atoms with Gasteiger partial charge in [0.05, 0.1) is 12.8 Å². The average Bonchev–Trinajstić information content (AvgIpc) is 2.49. The third kappa shape index (κ3) is 4.87. The van der Waals surface area contributed by atoms with Gasteiger partial charge in [-0.15, -0.1) is 0 Å². The fraction of sp³-hybridized carbons (Fsp3) is 0.571. The molecule has 0 saturated carbocycles. The number of nitrogens with one attached hydrogen (secondary N) is 1. The summed E-state index contributed by atoms with van der Waals surface area (Å²) in [6, 6.07) is 3.70. The van der Waals surface area contributed by atoms with Gasteiger partial charge in [0.25, 0.3) is 0 Å². The van der Waals surface area contributed by atoms with Crippen LogP contribution in [0, 0.1) is 5.92 Å². The molecule has 1 aromatic rings. The van der Waals surface area contributed by atoms with Crippen LogP contribution in [0.15, 0.2) is 24.5 Å². The highest BCUT2D eigenvalue weighted by atomic mass is 16.5. The Balaban J connectivity index is 1.55. The molecule has 1 saturated heterocycles. The number of carbonyl (C=O) groups is 1. The third-order valence-electron chi connectivity index (χ3n) is 3.12. The van der Waals surface area contributed by atoms with E-state index in [0.717, 1.165) is 25.0 Å². The Bertz CT molecular complexity index is 378. The Hall–Kier alpha value is -1.62. The number of rotatable bonds is 6. The second kappa shape index (κ2) is 7.74. The average molecular weight is 264 g/mol.